The maximum absolute atomic E-state index is 14.6. The number of carbonyl (C=O) groups excluding carboxylic acids is 4. The van der Waals surface area contributed by atoms with Gasteiger partial charge in [-0.3, -0.25) is 29.0 Å². The second-order valence-corrected chi connectivity index (χ2v) is 16.0. The van der Waals surface area contributed by atoms with Crippen LogP contribution in [0.5, 0.6) is 0 Å². The fourth-order valence-corrected chi connectivity index (χ4v) is 8.51. The third-order valence-corrected chi connectivity index (χ3v) is 11.6. The van der Waals surface area contributed by atoms with E-state index in [1.54, 1.807) is 0 Å². The van der Waals surface area contributed by atoms with Crippen molar-refractivity contribution in [2.45, 2.75) is 116 Å². The zero-order chi connectivity index (χ0) is 47.1. The summed E-state index contributed by atoms with van der Waals surface area (Å²) < 4.78 is 170. The van der Waals surface area contributed by atoms with Crippen LogP contribution in [0, 0.1) is 0 Å². The van der Waals surface area contributed by atoms with Crippen molar-refractivity contribution in [2.24, 2.45) is 0 Å². The van der Waals surface area contributed by atoms with Gasteiger partial charge in [0.2, 0.25) is 0 Å². The van der Waals surface area contributed by atoms with Crippen molar-refractivity contribution < 1.29 is 71.9 Å². The van der Waals surface area contributed by atoms with Gasteiger partial charge in [-0.25, -0.2) is 0 Å². The molecule has 2 aliphatic rings. The first-order valence-electron chi connectivity index (χ1n) is 20.9. The lowest BCUT2D eigenvalue weighted by atomic mass is 9.78. The van der Waals surface area contributed by atoms with E-state index >= 15 is 0 Å². The lowest BCUT2D eigenvalue weighted by Crippen LogP contribution is -2.44. The van der Waals surface area contributed by atoms with Crippen molar-refractivity contribution in [3.8, 4) is 22.3 Å². The maximum atomic E-state index is 14.6. The smallest absolute Gasteiger partial charge is 0.274 e. The average Bonchev–Trinajstić information content (AvgIpc) is 3.21. The first-order chi connectivity index (χ1) is 29.9. The second-order valence-electron chi connectivity index (χ2n) is 16.0. The lowest BCUT2D eigenvalue weighted by molar-refractivity contribution is -0.162. The molecule has 344 valence electrons. The predicted molar refractivity (Wildman–Crippen MR) is 212 cm³/mol. The molecular weight excluding hydrogens is 872 g/mol. The van der Waals surface area contributed by atoms with Gasteiger partial charge in [-0.05, 0) is 71.5 Å². The quantitative estimate of drug-likeness (QED) is 0.0637. The number of benzene rings is 4. The molecule has 6 nitrogen and oxygen atoms in total. The molecule has 0 aromatic heterocycles. The topological polar surface area (TPSA) is 74.8 Å². The summed E-state index contributed by atoms with van der Waals surface area (Å²) in [7, 11) is 0. The Bertz CT molecular complexity index is 2310. The molecule has 0 unspecified atom stereocenters. The van der Waals surface area contributed by atoms with E-state index in [0.29, 0.717) is 47.6 Å². The van der Waals surface area contributed by atoms with Crippen molar-refractivity contribution in [1.29, 1.82) is 0 Å². The van der Waals surface area contributed by atoms with Gasteiger partial charge in [0.1, 0.15) is 0 Å². The minimum Gasteiger partial charge on any atom is -0.274 e. The molecule has 0 bridgehead atoms. The molecule has 0 aliphatic carbocycles. The van der Waals surface area contributed by atoms with Crippen molar-refractivity contribution in [3.05, 3.63) is 93.0 Å². The Balaban J connectivity index is 1.69. The number of imide groups is 2. The second kappa shape index (κ2) is 18.2. The molecule has 0 atom stereocenters. The molecule has 0 N–H and O–H groups in total. The van der Waals surface area contributed by atoms with E-state index in [9.17, 15) is 71.9 Å². The highest BCUT2D eigenvalue weighted by Gasteiger charge is 2.47. The maximum Gasteiger partial charge on any atom is 0.417 e. The predicted octanol–water partition coefficient (Wildman–Crippen LogP) is 14.2. The van der Waals surface area contributed by atoms with Gasteiger partial charge in [0, 0.05) is 35.0 Å². The number of alkyl halides is 12. The molecule has 6 rings (SSSR count). The Morgan fingerprint density at radius 2 is 0.688 bits per heavy atom. The van der Waals surface area contributed by atoms with Gasteiger partial charge < -0.3 is 0 Å². The van der Waals surface area contributed by atoms with Crippen LogP contribution in [0.25, 0.3) is 33.0 Å². The van der Waals surface area contributed by atoms with Crippen LogP contribution in [0.4, 0.5) is 52.7 Å². The minimum atomic E-state index is -5.59. The van der Waals surface area contributed by atoms with E-state index in [-0.39, 0.29) is 50.2 Å². The zero-order valence-electron chi connectivity index (χ0n) is 34.6. The summed E-state index contributed by atoms with van der Waals surface area (Å²) >= 11 is 0. The molecule has 0 spiro atoms. The fraction of sp³-hybridized carbons (Fsp3) is 0.435. The fourth-order valence-electron chi connectivity index (χ4n) is 8.51. The Hall–Kier alpha value is -5.42. The molecule has 4 aromatic carbocycles. The number of nitrogens with zero attached hydrogens (tertiary/aromatic N) is 2. The Morgan fingerprint density at radius 1 is 0.375 bits per heavy atom. The van der Waals surface area contributed by atoms with Gasteiger partial charge in [0.05, 0.1) is 33.4 Å². The largest absolute Gasteiger partial charge is 0.417 e. The number of amides is 4. The molecule has 18 heteroatoms. The summed E-state index contributed by atoms with van der Waals surface area (Å²) in [5, 5.41) is -0.949. The zero-order valence-corrected chi connectivity index (χ0v) is 34.6. The van der Waals surface area contributed by atoms with E-state index in [1.807, 2.05) is 13.8 Å². The molecule has 0 radical (unpaired) electrons. The van der Waals surface area contributed by atoms with Crippen LogP contribution in [-0.4, -0.2) is 46.5 Å². The van der Waals surface area contributed by atoms with Crippen LogP contribution in [0.15, 0.2) is 48.5 Å². The molecule has 0 saturated heterocycles. The number of carbonyl (C=O) groups is 4. The van der Waals surface area contributed by atoms with Crippen molar-refractivity contribution in [1.82, 2.24) is 9.80 Å². The molecule has 4 aromatic rings. The first-order valence-corrected chi connectivity index (χ1v) is 20.9. The summed E-state index contributed by atoms with van der Waals surface area (Å²) in [6.45, 7) is 3.35. The summed E-state index contributed by atoms with van der Waals surface area (Å²) in [6.07, 6.45) is -14.2. The van der Waals surface area contributed by atoms with Gasteiger partial charge >= 0.3 is 24.7 Å². The van der Waals surface area contributed by atoms with Gasteiger partial charge in [-0.15, -0.1) is 0 Å². The van der Waals surface area contributed by atoms with Crippen molar-refractivity contribution in [2.75, 3.05) is 13.1 Å². The van der Waals surface area contributed by atoms with Crippen LogP contribution in [0.2, 0.25) is 0 Å². The van der Waals surface area contributed by atoms with E-state index < -0.39 is 126 Å². The Morgan fingerprint density at radius 3 is 1.00 bits per heavy atom. The highest BCUT2D eigenvalue weighted by Crippen LogP contribution is 2.49. The third-order valence-electron chi connectivity index (χ3n) is 11.6. The van der Waals surface area contributed by atoms with Crippen LogP contribution in [0.1, 0.15) is 155 Å². The molecular formula is C46H42F12N2O4. The minimum absolute atomic E-state index is 0.150. The summed E-state index contributed by atoms with van der Waals surface area (Å²) in [4.78, 5) is 59.7. The van der Waals surface area contributed by atoms with E-state index in [2.05, 4.69) is 0 Å². The first kappa shape index (κ1) is 48.0. The third kappa shape index (κ3) is 9.37. The molecule has 0 saturated carbocycles. The number of unbranched alkanes of at least 4 members (excludes halogenated alkanes) is 10. The molecule has 64 heavy (non-hydrogen) atoms. The summed E-state index contributed by atoms with van der Waals surface area (Å²) in [5.41, 5.74) is -12.9. The molecule has 2 aliphatic heterocycles. The molecule has 4 amide bonds. The molecule has 0 fully saturated rings. The highest BCUT2D eigenvalue weighted by molar-refractivity contribution is 6.36. The normalized spacial score (nSPS) is 14.7. The standard InChI is InChI=1S/C46H42F12N2O4/c1-3-5-7-9-11-13-19-59-39(61)29-23-28(26-16-18-32(44(50,51)52)34(22-26)46(56,57)58)38-36-30(40(62)60(42(38)64)20-14-12-10-8-6-4-2)24-27(37(35(29)36)41(59)63)25-15-17-31(43(47,48)49)33(21-25)45(53,54)55/h15-18,21-24H,3-14,19-20H2,1-2H3. The lowest BCUT2D eigenvalue weighted by Gasteiger charge is -2.35. The van der Waals surface area contributed by atoms with Gasteiger partial charge in [0.15, 0.2) is 0 Å². The number of hydrogen-bond donors (Lipinski definition) is 0. The van der Waals surface area contributed by atoms with E-state index in [4.69, 9.17) is 0 Å². The summed E-state index contributed by atoms with van der Waals surface area (Å²) in [6, 6.07) is 3.74. The van der Waals surface area contributed by atoms with Crippen molar-refractivity contribution in [3.63, 3.8) is 0 Å². The van der Waals surface area contributed by atoms with Gasteiger partial charge in [-0.1, -0.05) is 90.2 Å². The molecule has 2 heterocycles. The Kier molecular flexibility index (Phi) is 13.7. The summed E-state index contributed by atoms with van der Waals surface area (Å²) in [5.74, 6) is -4.46. The van der Waals surface area contributed by atoms with Crippen LogP contribution in [-0.2, 0) is 24.7 Å². The van der Waals surface area contributed by atoms with E-state index in [0.717, 1.165) is 50.7 Å². The van der Waals surface area contributed by atoms with E-state index in [1.165, 1.54) is 0 Å². The number of halogens is 12. The average molecular weight is 915 g/mol. The van der Waals surface area contributed by atoms with Crippen molar-refractivity contribution >= 4 is 34.4 Å². The van der Waals surface area contributed by atoms with Gasteiger partial charge in [-0.2, -0.15) is 52.7 Å². The SMILES string of the molecule is CCCCCCCCN1C(=O)c2cc(-c3ccc(C(F)(F)F)c(C(F)(F)F)c3)c3c4c(cc(-c5ccc(C(F)(F)F)c(C(F)(F)F)c5)c(c24)C1=O)C(=O)N(CCCCCCCC)C3=O. The highest BCUT2D eigenvalue weighted by atomic mass is 19.4. The van der Waals surface area contributed by atoms with Crippen LogP contribution >= 0.6 is 0 Å². The van der Waals surface area contributed by atoms with Crippen LogP contribution < -0.4 is 0 Å². The van der Waals surface area contributed by atoms with Gasteiger partial charge in [0.25, 0.3) is 23.6 Å². The number of rotatable bonds is 16. The Labute approximate surface area is 359 Å². The monoisotopic (exact) mass is 914 g/mol. The van der Waals surface area contributed by atoms with Crippen LogP contribution in [0.3, 0.4) is 0 Å². The number of hydrogen-bond acceptors (Lipinski definition) is 4.